The maximum atomic E-state index is 12.5. The fraction of sp³-hybridized carbons (Fsp3) is 0. The Hall–Kier alpha value is -3.12. The second-order valence-corrected chi connectivity index (χ2v) is 5.60. The Morgan fingerprint density at radius 3 is 2.75 bits per heavy atom. The zero-order valence-corrected chi connectivity index (χ0v) is 13.2. The zero-order valence-electron chi connectivity index (χ0n) is 12.4. The van der Waals surface area contributed by atoms with Crippen LogP contribution in [-0.4, -0.2) is 20.0 Å². The molecule has 6 nitrogen and oxygen atoms in total. The number of hydrogen-bond donors (Lipinski definition) is 2. The molecule has 0 spiro atoms. The smallest absolute Gasteiger partial charge is 0.292 e. The molecule has 4 aromatic rings. The topological polar surface area (TPSA) is 75.6 Å². The van der Waals surface area contributed by atoms with Gasteiger partial charge in [0.05, 0.1) is 29.3 Å². The number of aromatic amines is 1. The van der Waals surface area contributed by atoms with Crippen LogP contribution in [0.3, 0.4) is 0 Å². The number of fused-ring (bicyclic) bond motifs is 1. The molecule has 0 saturated heterocycles. The van der Waals surface area contributed by atoms with E-state index in [1.54, 1.807) is 18.3 Å². The average Bonchev–Trinajstić information content (AvgIpc) is 3.08. The summed E-state index contributed by atoms with van der Waals surface area (Å²) in [5, 5.41) is 15.2. The minimum Gasteiger partial charge on any atom is -0.353 e. The molecule has 0 bridgehead atoms. The Bertz CT molecular complexity index is 1070. The second kappa shape index (κ2) is 5.82. The molecule has 2 N–H and O–H groups in total. The van der Waals surface area contributed by atoms with Crippen LogP contribution in [0.1, 0.15) is 0 Å². The molecule has 2 heterocycles. The van der Waals surface area contributed by atoms with Gasteiger partial charge in [0.2, 0.25) is 0 Å². The van der Waals surface area contributed by atoms with E-state index in [1.165, 1.54) is 10.9 Å². The van der Waals surface area contributed by atoms with Gasteiger partial charge in [-0.2, -0.15) is 14.9 Å². The number of rotatable bonds is 3. The molecule has 7 heteroatoms. The first-order valence-corrected chi connectivity index (χ1v) is 7.63. The largest absolute Gasteiger partial charge is 0.353 e. The first kappa shape index (κ1) is 14.5. The summed E-state index contributed by atoms with van der Waals surface area (Å²) in [7, 11) is 0. The Morgan fingerprint density at radius 1 is 1.08 bits per heavy atom. The number of hydrogen-bond acceptors (Lipinski definition) is 4. The minimum atomic E-state index is -0.378. The highest BCUT2D eigenvalue weighted by Gasteiger charge is 2.11. The number of H-pyrrole nitrogens is 1. The van der Waals surface area contributed by atoms with Crippen LogP contribution < -0.4 is 10.9 Å². The van der Waals surface area contributed by atoms with Crippen LogP contribution in [0.15, 0.2) is 65.7 Å². The lowest BCUT2D eigenvalue weighted by molar-refractivity contribution is 0.809. The molecule has 0 fully saturated rings. The SMILES string of the molecule is O=c1c(Cl)c(Nc2ccc3[nH]ncc3c2)cnn1-c1ccccc1. The highest BCUT2D eigenvalue weighted by Crippen LogP contribution is 2.24. The van der Waals surface area contributed by atoms with E-state index in [0.717, 1.165) is 16.6 Å². The number of nitrogens with one attached hydrogen (secondary N) is 2. The molecule has 24 heavy (non-hydrogen) atoms. The van der Waals surface area contributed by atoms with Crippen molar-refractivity contribution in [1.29, 1.82) is 0 Å². The highest BCUT2D eigenvalue weighted by molar-refractivity contribution is 6.33. The molecule has 0 aliphatic rings. The average molecular weight is 338 g/mol. The summed E-state index contributed by atoms with van der Waals surface area (Å²) in [5.41, 5.74) is 2.47. The van der Waals surface area contributed by atoms with Crippen molar-refractivity contribution in [2.75, 3.05) is 5.32 Å². The number of benzene rings is 2. The van der Waals surface area contributed by atoms with E-state index in [1.807, 2.05) is 36.4 Å². The third-order valence-corrected chi connectivity index (χ3v) is 4.00. The van der Waals surface area contributed by atoms with Gasteiger partial charge in [-0.05, 0) is 30.3 Å². The fourth-order valence-electron chi connectivity index (χ4n) is 2.45. The van der Waals surface area contributed by atoms with Crippen LogP contribution in [0.4, 0.5) is 11.4 Å². The predicted molar refractivity (Wildman–Crippen MR) is 94.2 cm³/mol. The van der Waals surface area contributed by atoms with Crippen LogP contribution in [0, 0.1) is 0 Å². The number of para-hydroxylation sites is 1. The van der Waals surface area contributed by atoms with Crippen molar-refractivity contribution >= 4 is 33.9 Å². The number of nitrogens with zero attached hydrogens (tertiary/aromatic N) is 3. The van der Waals surface area contributed by atoms with E-state index in [9.17, 15) is 4.79 Å². The van der Waals surface area contributed by atoms with Crippen molar-refractivity contribution in [2.45, 2.75) is 0 Å². The van der Waals surface area contributed by atoms with Crippen molar-refractivity contribution in [3.05, 3.63) is 76.3 Å². The third-order valence-electron chi connectivity index (χ3n) is 3.64. The van der Waals surface area contributed by atoms with Crippen LogP contribution in [0.5, 0.6) is 0 Å². The molecule has 2 aromatic heterocycles. The van der Waals surface area contributed by atoms with E-state index in [0.29, 0.717) is 11.4 Å². The van der Waals surface area contributed by atoms with Crippen LogP contribution >= 0.6 is 11.6 Å². The summed E-state index contributed by atoms with van der Waals surface area (Å²) in [6, 6.07) is 14.8. The quantitative estimate of drug-likeness (QED) is 0.600. The van der Waals surface area contributed by atoms with E-state index in [2.05, 4.69) is 20.6 Å². The maximum absolute atomic E-state index is 12.5. The minimum absolute atomic E-state index is 0.0844. The Morgan fingerprint density at radius 2 is 1.92 bits per heavy atom. The van der Waals surface area contributed by atoms with Gasteiger partial charge in [-0.25, -0.2) is 0 Å². The van der Waals surface area contributed by atoms with Gasteiger partial charge in [0.25, 0.3) is 5.56 Å². The monoisotopic (exact) mass is 337 g/mol. The first-order valence-electron chi connectivity index (χ1n) is 7.26. The molecule has 0 unspecified atom stereocenters. The first-order chi connectivity index (χ1) is 11.7. The van der Waals surface area contributed by atoms with Crippen molar-refractivity contribution < 1.29 is 0 Å². The maximum Gasteiger partial charge on any atom is 0.292 e. The standard InChI is InChI=1S/C17H12ClN5O/c18-16-15(21-12-6-7-14-11(8-12)9-19-22-14)10-20-23(17(16)24)13-4-2-1-3-5-13/h1-10,21H,(H,19,22). The van der Waals surface area contributed by atoms with Crippen LogP contribution in [-0.2, 0) is 0 Å². The van der Waals surface area contributed by atoms with Crippen LogP contribution in [0.25, 0.3) is 16.6 Å². The van der Waals surface area contributed by atoms with E-state index >= 15 is 0 Å². The normalized spacial score (nSPS) is 10.9. The molecule has 0 saturated carbocycles. The predicted octanol–water partition coefficient (Wildman–Crippen LogP) is 3.51. The van der Waals surface area contributed by atoms with Gasteiger partial charge in [-0.15, -0.1) is 0 Å². The van der Waals surface area contributed by atoms with E-state index in [4.69, 9.17) is 11.6 Å². The van der Waals surface area contributed by atoms with Crippen molar-refractivity contribution in [1.82, 2.24) is 20.0 Å². The number of anilines is 2. The molecule has 0 amide bonds. The molecule has 0 atom stereocenters. The summed E-state index contributed by atoms with van der Waals surface area (Å²) in [5.74, 6) is 0. The molecule has 118 valence electrons. The molecule has 4 rings (SSSR count). The molecule has 0 aliphatic carbocycles. The molecule has 0 radical (unpaired) electrons. The van der Waals surface area contributed by atoms with Crippen molar-refractivity contribution in [2.24, 2.45) is 0 Å². The molecule has 0 aliphatic heterocycles. The zero-order chi connectivity index (χ0) is 16.5. The number of aromatic nitrogens is 4. The second-order valence-electron chi connectivity index (χ2n) is 5.22. The summed E-state index contributed by atoms with van der Waals surface area (Å²) >= 11 is 6.24. The van der Waals surface area contributed by atoms with Gasteiger partial charge in [0, 0.05) is 11.1 Å². The van der Waals surface area contributed by atoms with Crippen molar-refractivity contribution in [3.8, 4) is 5.69 Å². The van der Waals surface area contributed by atoms with Gasteiger partial charge in [0.1, 0.15) is 5.02 Å². The summed E-state index contributed by atoms with van der Waals surface area (Å²) in [6.07, 6.45) is 3.27. The van der Waals surface area contributed by atoms with Gasteiger partial charge in [-0.1, -0.05) is 29.8 Å². The van der Waals surface area contributed by atoms with E-state index in [-0.39, 0.29) is 10.6 Å². The lowest BCUT2D eigenvalue weighted by atomic mass is 10.2. The fourth-order valence-corrected chi connectivity index (χ4v) is 2.63. The summed E-state index contributed by atoms with van der Waals surface area (Å²) in [4.78, 5) is 12.5. The Balaban J connectivity index is 1.71. The summed E-state index contributed by atoms with van der Waals surface area (Å²) < 4.78 is 1.27. The molecular weight excluding hydrogens is 326 g/mol. The van der Waals surface area contributed by atoms with Gasteiger partial charge in [-0.3, -0.25) is 9.89 Å². The van der Waals surface area contributed by atoms with Gasteiger partial charge < -0.3 is 5.32 Å². The van der Waals surface area contributed by atoms with Gasteiger partial charge >= 0.3 is 0 Å². The summed E-state index contributed by atoms with van der Waals surface area (Å²) in [6.45, 7) is 0. The Labute approximate surface area is 141 Å². The molecular formula is C17H12ClN5O. The van der Waals surface area contributed by atoms with Gasteiger partial charge in [0.15, 0.2) is 0 Å². The Kier molecular flexibility index (Phi) is 3.51. The van der Waals surface area contributed by atoms with Crippen molar-refractivity contribution in [3.63, 3.8) is 0 Å². The third kappa shape index (κ3) is 2.53. The lowest BCUT2D eigenvalue weighted by Crippen LogP contribution is -2.22. The lowest BCUT2D eigenvalue weighted by Gasteiger charge is -2.10. The van der Waals surface area contributed by atoms with Crippen LogP contribution in [0.2, 0.25) is 5.02 Å². The van der Waals surface area contributed by atoms with E-state index < -0.39 is 0 Å². The molecule has 2 aromatic carbocycles. The number of halogens is 1. The highest BCUT2D eigenvalue weighted by atomic mass is 35.5.